The number of ether oxygens (including phenoxy) is 1. The second-order valence-corrected chi connectivity index (χ2v) is 16.4. The number of carboxylic acids is 1. The lowest BCUT2D eigenvalue weighted by Crippen LogP contribution is -2.54. The highest BCUT2D eigenvalue weighted by Gasteiger charge is 2.60. The Labute approximate surface area is 280 Å². The number of fused-ring (bicyclic) bond motifs is 5. The van der Waals surface area contributed by atoms with Crippen LogP contribution in [0.2, 0.25) is 0 Å². The number of unbranched alkanes of at least 4 members (excludes halogenated alkanes) is 7. The fraction of sp³-hybridized carbons (Fsp3) is 0.875. The van der Waals surface area contributed by atoms with Crippen molar-refractivity contribution in [2.75, 3.05) is 6.54 Å². The minimum Gasteiger partial charge on any atom is -0.480 e. The summed E-state index contributed by atoms with van der Waals surface area (Å²) in [6.45, 7) is 9.42. The van der Waals surface area contributed by atoms with Crippen LogP contribution in [0.4, 0.5) is 0 Å². The Balaban J connectivity index is 1.18. The van der Waals surface area contributed by atoms with E-state index in [9.17, 15) is 14.4 Å². The molecule has 6 nitrogen and oxygen atoms in total. The van der Waals surface area contributed by atoms with Gasteiger partial charge in [-0.2, -0.15) is 0 Å². The van der Waals surface area contributed by atoms with Gasteiger partial charge in [-0.1, -0.05) is 72.0 Å². The second-order valence-electron chi connectivity index (χ2n) is 16.4. The quantitative estimate of drug-likeness (QED) is 0.0883. The van der Waals surface area contributed by atoms with Gasteiger partial charge in [-0.15, -0.1) is 0 Å². The normalized spacial score (nSPS) is 34.3. The number of aliphatic carboxylic acids is 1. The van der Waals surface area contributed by atoms with Crippen molar-refractivity contribution in [3.8, 4) is 0 Å². The third-order valence-corrected chi connectivity index (χ3v) is 13.6. The number of carboxylic acid groups (broad SMARTS) is 1. The van der Waals surface area contributed by atoms with Crippen molar-refractivity contribution in [1.82, 2.24) is 5.32 Å². The van der Waals surface area contributed by atoms with Crippen LogP contribution < -0.4 is 5.32 Å². The summed E-state index contributed by atoms with van der Waals surface area (Å²) < 4.78 is 6.10. The zero-order valence-corrected chi connectivity index (χ0v) is 29.8. The molecule has 1 amide bonds. The fourth-order valence-electron chi connectivity index (χ4n) is 11.0. The van der Waals surface area contributed by atoms with Crippen LogP contribution in [0.15, 0.2) is 12.2 Å². The van der Waals surface area contributed by atoms with Crippen LogP contribution in [0.1, 0.15) is 163 Å². The van der Waals surface area contributed by atoms with Gasteiger partial charge >= 0.3 is 11.9 Å². The average molecular weight is 642 g/mol. The Bertz CT molecular complexity index is 1030. The Morgan fingerprint density at radius 1 is 0.848 bits per heavy atom. The maximum atomic E-state index is 12.8. The molecule has 9 atom stereocenters. The van der Waals surface area contributed by atoms with Gasteiger partial charge in [0.1, 0.15) is 12.6 Å². The van der Waals surface area contributed by atoms with Crippen LogP contribution >= 0.6 is 0 Å². The summed E-state index contributed by atoms with van der Waals surface area (Å²) in [6, 6.07) is 0. The maximum Gasteiger partial charge on any atom is 0.322 e. The molecule has 0 saturated heterocycles. The summed E-state index contributed by atoms with van der Waals surface area (Å²) in [5, 5.41) is 11.4. The number of esters is 1. The molecule has 0 aliphatic heterocycles. The van der Waals surface area contributed by atoms with E-state index in [1.165, 1.54) is 89.9 Å². The zero-order chi connectivity index (χ0) is 33.2. The minimum absolute atomic E-state index is 0.0278. The number of nitrogens with one attached hydrogen (secondary N) is 1. The average Bonchev–Trinajstić information content (AvgIpc) is 3.39. The number of carbonyl (C=O) groups excluding carboxylic acids is 2. The monoisotopic (exact) mass is 642 g/mol. The molecule has 9 unspecified atom stereocenters. The Morgan fingerprint density at radius 3 is 2.30 bits per heavy atom. The van der Waals surface area contributed by atoms with E-state index in [0.29, 0.717) is 41.4 Å². The van der Waals surface area contributed by atoms with Gasteiger partial charge in [-0.25, -0.2) is 0 Å². The fourth-order valence-corrected chi connectivity index (χ4v) is 11.0. The number of amides is 1. The molecule has 4 fully saturated rings. The summed E-state index contributed by atoms with van der Waals surface area (Å²) >= 11 is 0. The van der Waals surface area contributed by atoms with Crippen molar-refractivity contribution in [2.45, 2.75) is 169 Å². The van der Waals surface area contributed by atoms with Crippen molar-refractivity contribution >= 4 is 17.8 Å². The smallest absolute Gasteiger partial charge is 0.322 e. The molecule has 2 N–H and O–H groups in total. The molecule has 4 aliphatic rings. The van der Waals surface area contributed by atoms with Crippen molar-refractivity contribution in [3.63, 3.8) is 0 Å². The van der Waals surface area contributed by atoms with Crippen LogP contribution in [0, 0.1) is 46.3 Å². The molecule has 0 heterocycles. The Hall–Kier alpha value is -1.85. The maximum absolute atomic E-state index is 12.8. The van der Waals surface area contributed by atoms with E-state index < -0.39 is 5.97 Å². The number of hydrogen-bond acceptors (Lipinski definition) is 4. The Kier molecular flexibility index (Phi) is 14.1. The molecule has 0 bridgehead atoms. The van der Waals surface area contributed by atoms with E-state index in [-0.39, 0.29) is 24.5 Å². The highest BCUT2D eigenvalue weighted by atomic mass is 16.5. The highest BCUT2D eigenvalue weighted by Crippen LogP contribution is 2.68. The number of rotatable bonds is 18. The van der Waals surface area contributed by atoms with E-state index in [4.69, 9.17) is 9.84 Å². The molecular formula is C40H67NO5. The van der Waals surface area contributed by atoms with E-state index in [0.717, 1.165) is 49.9 Å². The van der Waals surface area contributed by atoms with Gasteiger partial charge in [0.2, 0.25) is 5.91 Å². The molecule has 0 radical (unpaired) electrons. The number of allylic oxidation sites excluding steroid dienone is 2. The lowest BCUT2D eigenvalue weighted by atomic mass is 9.44. The van der Waals surface area contributed by atoms with Gasteiger partial charge < -0.3 is 15.2 Å². The summed E-state index contributed by atoms with van der Waals surface area (Å²) in [5.41, 5.74) is 0.712. The van der Waals surface area contributed by atoms with Crippen molar-refractivity contribution in [3.05, 3.63) is 12.2 Å². The van der Waals surface area contributed by atoms with Gasteiger partial charge in [0.15, 0.2) is 0 Å². The summed E-state index contributed by atoms with van der Waals surface area (Å²) in [6.07, 6.45) is 28.4. The van der Waals surface area contributed by atoms with E-state index in [1.807, 2.05) is 0 Å². The lowest BCUT2D eigenvalue weighted by molar-refractivity contribution is -0.162. The van der Waals surface area contributed by atoms with Gasteiger partial charge in [-0.3, -0.25) is 14.4 Å². The first-order valence-corrected chi connectivity index (χ1v) is 19.4. The van der Waals surface area contributed by atoms with Crippen molar-refractivity contribution < 1.29 is 24.2 Å². The lowest BCUT2D eigenvalue weighted by Gasteiger charge is -2.61. The van der Waals surface area contributed by atoms with Crippen molar-refractivity contribution in [2.24, 2.45) is 46.3 Å². The largest absolute Gasteiger partial charge is 0.480 e. The Morgan fingerprint density at radius 2 is 1.54 bits per heavy atom. The third kappa shape index (κ3) is 9.40. The molecule has 4 aliphatic carbocycles. The SMILES string of the molecule is CCCC/C=C\CCCCCCCC(=O)OC1CCC2(C)C(CCC3C2CCC2(C)C(C(C)CCC(=O)NCC(=O)O)CCC32)C1. The zero-order valence-electron chi connectivity index (χ0n) is 29.8. The first kappa shape index (κ1) is 37.0. The molecule has 0 aromatic heterocycles. The van der Waals surface area contributed by atoms with E-state index >= 15 is 0 Å². The number of carbonyl (C=O) groups is 3. The third-order valence-electron chi connectivity index (χ3n) is 13.6. The molecular weight excluding hydrogens is 574 g/mol. The summed E-state index contributed by atoms with van der Waals surface area (Å²) in [7, 11) is 0. The first-order chi connectivity index (χ1) is 22.1. The second kappa shape index (κ2) is 17.5. The van der Waals surface area contributed by atoms with Crippen molar-refractivity contribution in [1.29, 1.82) is 0 Å². The molecule has 0 aromatic carbocycles. The minimum atomic E-state index is -0.990. The van der Waals surface area contributed by atoms with E-state index in [2.05, 4.69) is 45.2 Å². The predicted octanol–water partition coefficient (Wildman–Crippen LogP) is 9.65. The molecule has 4 saturated carbocycles. The molecule has 46 heavy (non-hydrogen) atoms. The van der Waals surface area contributed by atoms with Gasteiger partial charge in [-0.05, 0) is 136 Å². The van der Waals surface area contributed by atoms with Crippen LogP contribution in [-0.4, -0.2) is 35.6 Å². The predicted molar refractivity (Wildman–Crippen MR) is 185 cm³/mol. The summed E-state index contributed by atoms with van der Waals surface area (Å²) in [4.78, 5) is 35.7. The molecule has 6 heteroatoms. The van der Waals surface area contributed by atoms with Crippen LogP contribution in [0.25, 0.3) is 0 Å². The van der Waals surface area contributed by atoms with Crippen LogP contribution in [0.3, 0.4) is 0 Å². The highest BCUT2D eigenvalue weighted by molar-refractivity contribution is 5.81. The van der Waals surface area contributed by atoms with Gasteiger partial charge in [0, 0.05) is 12.8 Å². The van der Waals surface area contributed by atoms with Crippen LogP contribution in [0.5, 0.6) is 0 Å². The molecule has 4 rings (SSSR count). The topological polar surface area (TPSA) is 92.7 Å². The van der Waals surface area contributed by atoms with Gasteiger partial charge in [0.25, 0.3) is 0 Å². The molecule has 262 valence electrons. The summed E-state index contributed by atoms with van der Waals surface area (Å²) in [5.74, 6) is 3.03. The first-order valence-electron chi connectivity index (χ1n) is 19.4. The molecule has 0 spiro atoms. The van der Waals surface area contributed by atoms with Crippen LogP contribution in [-0.2, 0) is 19.1 Å². The standard InChI is InChI=1S/C40H67NO5/c1-5-6-7-8-9-10-11-12-13-14-15-16-38(45)46-31-23-25-39(3)30(27-31)18-19-32-34-21-20-33(40(34,4)26-24-35(32)39)29(2)17-22-36(42)41-28-37(43)44/h8-9,29-35H,5-7,10-28H2,1-4H3,(H,41,42)(H,43,44)/b9-8-. The van der Waals surface area contributed by atoms with E-state index in [1.54, 1.807) is 0 Å². The molecule has 0 aromatic rings. The number of hydrogen-bond donors (Lipinski definition) is 2. The van der Waals surface area contributed by atoms with Gasteiger partial charge in [0.05, 0.1) is 0 Å².